The summed E-state index contributed by atoms with van der Waals surface area (Å²) in [5.74, 6) is 0.903. The quantitative estimate of drug-likeness (QED) is 0.910. The molecule has 1 aromatic carbocycles. The van der Waals surface area contributed by atoms with E-state index < -0.39 is 0 Å². The van der Waals surface area contributed by atoms with Crippen molar-refractivity contribution in [3.8, 4) is 5.75 Å². The molecule has 4 heteroatoms. The van der Waals surface area contributed by atoms with Crippen LogP contribution >= 0.6 is 0 Å². The maximum Gasteiger partial charge on any atom is 0.119 e. The summed E-state index contributed by atoms with van der Waals surface area (Å²) in [7, 11) is 3.90. The van der Waals surface area contributed by atoms with Gasteiger partial charge < -0.3 is 15.4 Å². The molecule has 0 bridgehead atoms. The Morgan fingerprint density at radius 3 is 2.70 bits per heavy atom. The average Bonchev–Trinajstić information content (AvgIpc) is 2.64. The van der Waals surface area contributed by atoms with Crippen LogP contribution in [0.4, 0.5) is 0 Å². The Bertz CT molecular complexity index is 422. The maximum absolute atomic E-state index is 6.28. The van der Waals surface area contributed by atoms with Gasteiger partial charge in [0, 0.05) is 31.7 Å². The monoisotopic (exact) mass is 277 g/mol. The number of hydrogen-bond donors (Lipinski definition) is 1. The average molecular weight is 277 g/mol. The van der Waals surface area contributed by atoms with Crippen LogP contribution in [0.1, 0.15) is 24.9 Å². The summed E-state index contributed by atoms with van der Waals surface area (Å²) >= 11 is 0. The Hall–Kier alpha value is -1.10. The van der Waals surface area contributed by atoms with Crippen LogP contribution in [-0.4, -0.2) is 56.2 Å². The van der Waals surface area contributed by atoms with Gasteiger partial charge in [-0.15, -0.1) is 0 Å². The van der Waals surface area contributed by atoms with Crippen molar-refractivity contribution in [2.75, 3.05) is 40.3 Å². The number of nitrogens with two attached hydrogens (primary N) is 1. The van der Waals surface area contributed by atoms with Crippen LogP contribution in [0.5, 0.6) is 5.75 Å². The summed E-state index contributed by atoms with van der Waals surface area (Å²) < 4.78 is 5.35. The predicted molar refractivity (Wildman–Crippen MR) is 83.1 cm³/mol. The second kappa shape index (κ2) is 7.07. The summed E-state index contributed by atoms with van der Waals surface area (Å²) in [6.45, 7) is 6.54. The van der Waals surface area contributed by atoms with Crippen LogP contribution in [0, 0.1) is 0 Å². The molecule has 20 heavy (non-hydrogen) atoms. The molecule has 2 unspecified atom stereocenters. The zero-order chi connectivity index (χ0) is 14.5. The molecule has 0 aromatic heterocycles. The Kier molecular flexibility index (Phi) is 5.40. The summed E-state index contributed by atoms with van der Waals surface area (Å²) in [6.07, 6.45) is 1.20. The molecule has 1 fully saturated rings. The molecule has 0 spiro atoms. The largest absolute Gasteiger partial charge is 0.497 e. The molecule has 2 N–H and O–H groups in total. The number of ether oxygens (including phenoxy) is 1. The van der Waals surface area contributed by atoms with E-state index in [1.165, 1.54) is 18.5 Å². The molecule has 112 valence electrons. The Morgan fingerprint density at radius 1 is 1.20 bits per heavy atom. The van der Waals surface area contributed by atoms with Crippen LogP contribution in [0.15, 0.2) is 24.3 Å². The molecule has 1 saturated heterocycles. The van der Waals surface area contributed by atoms with Crippen molar-refractivity contribution in [3.05, 3.63) is 29.8 Å². The molecule has 2 rings (SSSR count). The molecule has 0 saturated carbocycles. The van der Waals surface area contributed by atoms with E-state index in [2.05, 4.69) is 35.9 Å². The van der Waals surface area contributed by atoms with Crippen molar-refractivity contribution < 1.29 is 4.74 Å². The Morgan fingerprint density at radius 2 is 2.00 bits per heavy atom. The summed E-state index contributed by atoms with van der Waals surface area (Å²) in [4.78, 5) is 4.91. The molecule has 0 radical (unpaired) electrons. The Balaban J connectivity index is 2.21. The van der Waals surface area contributed by atoms with Crippen molar-refractivity contribution in [1.29, 1.82) is 0 Å². The topological polar surface area (TPSA) is 41.7 Å². The van der Waals surface area contributed by atoms with Crippen molar-refractivity contribution in [3.63, 3.8) is 0 Å². The highest BCUT2D eigenvalue weighted by Crippen LogP contribution is 2.27. The minimum atomic E-state index is 0.102. The summed E-state index contributed by atoms with van der Waals surface area (Å²) in [5, 5.41) is 0. The van der Waals surface area contributed by atoms with Gasteiger partial charge in [-0.05, 0) is 44.6 Å². The first kappa shape index (κ1) is 15.3. The smallest absolute Gasteiger partial charge is 0.119 e. The van der Waals surface area contributed by atoms with Gasteiger partial charge in [0.25, 0.3) is 0 Å². The first-order chi connectivity index (χ1) is 9.61. The highest BCUT2D eigenvalue weighted by Gasteiger charge is 2.25. The normalized spacial score (nSPS) is 21.2. The number of rotatable bonds is 4. The van der Waals surface area contributed by atoms with E-state index in [4.69, 9.17) is 10.5 Å². The van der Waals surface area contributed by atoms with Gasteiger partial charge in [-0.1, -0.05) is 12.1 Å². The lowest BCUT2D eigenvalue weighted by Gasteiger charge is -2.34. The highest BCUT2D eigenvalue weighted by molar-refractivity contribution is 5.31. The molecule has 4 nitrogen and oxygen atoms in total. The third kappa shape index (κ3) is 3.72. The molecule has 1 aromatic rings. The van der Waals surface area contributed by atoms with Gasteiger partial charge in [-0.3, -0.25) is 4.90 Å². The van der Waals surface area contributed by atoms with E-state index in [1.54, 1.807) is 7.11 Å². The van der Waals surface area contributed by atoms with Gasteiger partial charge in [0.15, 0.2) is 0 Å². The summed E-state index contributed by atoms with van der Waals surface area (Å²) in [5.41, 5.74) is 7.53. The van der Waals surface area contributed by atoms with E-state index >= 15 is 0 Å². The number of benzene rings is 1. The highest BCUT2D eigenvalue weighted by atomic mass is 16.5. The third-order valence-electron chi connectivity index (χ3n) is 4.08. The number of hydrogen-bond acceptors (Lipinski definition) is 4. The van der Waals surface area contributed by atoms with E-state index in [0.29, 0.717) is 0 Å². The Labute approximate surface area is 122 Å². The van der Waals surface area contributed by atoms with E-state index in [-0.39, 0.29) is 12.1 Å². The first-order valence-corrected chi connectivity index (χ1v) is 7.44. The van der Waals surface area contributed by atoms with Crippen molar-refractivity contribution in [2.24, 2.45) is 5.73 Å². The van der Waals surface area contributed by atoms with Crippen molar-refractivity contribution in [2.45, 2.75) is 25.4 Å². The lowest BCUT2D eigenvalue weighted by Crippen LogP contribution is -2.41. The molecule has 1 aliphatic rings. The fourth-order valence-corrected chi connectivity index (χ4v) is 3.02. The van der Waals surface area contributed by atoms with Gasteiger partial charge in [0.1, 0.15) is 5.75 Å². The third-order valence-corrected chi connectivity index (χ3v) is 4.08. The second-order valence-corrected chi connectivity index (χ2v) is 5.77. The van der Waals surface area contributed by atoms with Crippen LogP contribution in [0.3, 0.4) is 0 Å². The molecule has 0 amide bonds. The predicted octanol–water partition coefficient (Wildman–Crippen LogP) is 1.72. The first-order valence-electron chi connectivity index (χ1n) is 7.44. The van der Waals surface area contributed by atoms with Crippen molar-refractivity contribution >= 4 is 0 Å². The molecule has 0 aliphatic carbocycles. The van der Waals surface area contributed by atoms with Crippen LogP contribution in [-0.2, 0) is 0 Å². The molecule has 2 atom stereocenters. The molecule has 1 heterocycles. The van der Waals surface area contributed by atoms with E-state index in [0.717, 1.165) is 25.4 Å². The minimum Gasteiger partial charge on any atom is -0.497 e. The summed E-state index contributed by atoms with van der Waals surface area (Å²) in [6, 6.07) is 8.67. The number of nitrogens with zero attached hydrogens (tertiary/aromatic N) is 2. The lowest BCUT2D eigenvalue weighted by molar-refractivity contribution is 0.182. The van der Waals surface area contributed by atoms with Gasteiger partial charge in [0.2, 0.25) is 0 Å². The van der Waals surface area contributed by atoms with Crippen LogP contribution in [0.25, 0.3) is 0 Å². The van der Waals surface area contributed by atoms with Gasteiger partial charge in [0.05, 0.1) is 7.11 Å². The van der Waals surface area contributed by atoms with Crippen molar-refractivity contribution in [1.82, 2.24) is 9.80 Å². The van der Waals surface area contributed by atoms with Gasteiger partial charge in [-0.25, -0.2) is 0 Å². The molecular formula is C16H27N3O. The molecular weight excluding hydrogens is 250 g/mol. The van der Waals surface area contributed by atoms with Crippen LogP contribution < -0.4 is 10.5 Å². The van der Waals surface area contributed by atoms with Gasteiger partial charge in [-0.2, -0.15) is 0 Å². The zero-order valence-electron chi connectivity index (χ0n) is 12.9. The fraction of sp³-hybridized carbons (Fsp3) is 0.625. The van der Waals surface area contributed by atoms with Gasteiger partial charge >= 0.3 is 0 Å². The SMILES string of the molecule is COc1cccc(C(C(C)N)N2CCCN(C)CC2)c1. The number of likely N-dealkylation sites (N-methyl/N-ethyl adjacent to an activating group) is 1. The van der Waals surface area contributed by atoms with Crippen LogP contribution in [0.2, 0.25) is 0 Å². The molecule has 1 aliphatic heterocycles. The second-order valence-electron chi connectivity index (χ2n) is 5.77. The fourth-order valence-electron chi connectivity index (χ4n) is 3.02. The number of methoxy groups -OCH3 is 1. The van der Waals surface area contributed by atoms with E-state index in [1.807, 2.05) is 12.1 Å². The maximum atomic E-state index is 6.28. The minimum absolute atomic E-state index is 0.102. The standard InChI is InChI=1S/C16H27N3O/c1-13(17)16(14-6-4-7-15(12-14)20-3)19-9-5-8-18(2)10-11-19/h4,6-7,12-13,16H,5,8-11,17H2,1-3H3. The van der Waals surface area contributed by atoms with E-state index in [9.17, 15) is 0 Å². The zero-order valence-corrected chi connectivity index (χ0v) is 12.9. The lowest BCUT2D eigenvalue weighted by atomic mass is 9.98.